The van der Waals surface area contributed by atoms with E-state index in [1.807, 2.05) is 6.08 Å². The molecular weight excluding hydrogens is 883 g/mol. The minimum Gasteiger partial charge on any atom is -0.394 e. The van der Waals surface area contributed by atoms with Crippen LogP contribution in [0.2, 0.25) is 0 Å². The van der Waals surface area contributed by atoms with Crippen LogP contribution in [0.5, 0.6) is 0 Å². The van der Waals surface area contributed by atoms with Crippen molar-refractivity contribution in [3.05, 3.63) is 12.2 Å². The van der Waals surface area contributed by atoms with Gasteiger partial charge in [-0.15, -0.1) is 0 Å². The first-order chi connectivity index (χ1) is 33.0. The van der Waals surface area contributed by atoms with E-state index in [0.717, 1.165) is 38.5 Å². The number of nitrogens with one attached hydrogen (secondary N) is 1. The molecule has 68 heavy (non-hydrogen) atoms. The maximum Gasteiger partial charge on any atom is 0.397 e. The normalized spacial score (nSPS) is 19.8. The topological polar surface area (TPSA) is 192 Å². The number of hydrogen-bond donors (Lipinski definition) is 6. The van der Waals surface area contributed by atoms with Gasteiger partial charge in [0.15, 0.2) is 6.29 Å². The van der Waals surface area contributed by atoms with Gasteiger partial charge in [-0.2, -0.15) is 8.42 Å². The maximum atomic E-state index is 13.1. The van der Waals surface area contributed by atoms with Crippen LogP contribution in [-0.2, 0) is 28.9 Å². The van der Waals surface area contributed by atoms with Crippen LogP contribution in [0, 0.1) is 0 Å². The summed E-state index contributed by atoms with van der Waals surface area (Å²) in [5.41, 5.74) is 0. The Hall–Kier alpha value is -1.16. The molecule has 404 valence electrons. The average molecular weight is 991 g/mol. The monoisotopic (exact) mass is 990 g/mol. The largest absolute Gasteiger partial charge is 0.397 e. The van der Waals surface area contributed by atoms with Gasteiger partial charge in [-0.05, 0) is 19.3 Å². The second-order valence-electron chi connectivity index (χ2n) is 20.2. The fraction of sp³-hybridized carbons (Fsp3) is 0.945. The number of amides is 1. The van der Waals surface area contributed by atoms with Crippen molar-refractivity contribution < 1.29 is 51.8 Å². The van der Waals surface area contributed by atoms with Crippen molar-refractivity contribution in [1.82, 2.24) is 5.32 Å². The molecular formula is C55H107NO11S. The fourth-order valence-electron chi connectivity index (χ4n) is 9.40. The van der Waals surface area contributed by atoms with Gasteiger partial charge in [-0.25, -0.2) is 4.18 Å². The number of aliphatic hydroxyl groups is 4. The highest BCUT2D eigenvalue weighted by atomic mass is 32.3. The first-order valence-electron chi connectivity index (χ1n) is 28.6. The van der Waals surface area contributed by atoms with E-state index in [9.17, 15) is 38.2 Å². The predicted octanol–water partition coefficient (Wildman–Crippen LogP) is 13.1. The highest BCUT2D eigenvalue weighted by Crippen LogP contribution is 2.26. The standard InChI is InChI=1S/C55H107NO11S/c1-3-5-7-9-11-13-15-17-19-21-22-23-24-25-26-27-29-30-32-34-36-38-40-42-44-49(58)48(47-65-55-53(61)54(67-68(62,63)64)52(60)50(46-57)66-55)56-51(59)45-43-41-39-37-35-33-31-28-20-18-16-14-12-10-8-6-4-2/h42,44,48-50,52-55,57-58,60-61H,3-41,43,45-47H2,1-2H3,(H,56,59)(H,62,63,64)/b44-42+. The van der Waals surface area contributed by atoms with Crippen LogP contribution in [0.1, 0.15) is 277 Å². The Morgan fingerprint density at radius 2 is 0.926 bits per heavy atom. The van der Waals surface area contributed by atoms with Crippen molar-refractivity contribution in [3.63, 3.8) is 0 Å². The van der Waals surface area contributed by atoms with E-state index in [0.29, 0.717) is 6.42 Å². The van der Waals surface area contributed by atoms with Gasteiger partial charge in [0.25, 0.3) is 0 Å². The Labute approximate surface area is 417 Å². The summed E-state index contributed by atoms with van der Waals surface area (Å²) in [7, 11) is -5.09. The SMILES string of the molecule is CCCCCCCCCCCCCCCCCCCCCCCC/C=C/C(O)C(COC1OC(CO)C(O)C(OS(=O)(=O)O)C1O)NC(=O)CCCCCCCCCCCCCCCCCCC. The highest BCUT2D eigenvalue weighted by Gasteiger charge is 2.48. The second kappa shape index (κ2) is 45.7. The first kappa shape index (κ1) is 64.9. The van der Waals surface area contributed by atoms with Gasteiger partial charge in [0.05, 0.1) is 25.4 Å². The molecule has 0 aromatic carbocycles. The lowest BCUT2D eigenvalue weighted by atomic mass is 9.99. The zero-order valence-corrected chi connectivity index (χ0v) is 44.5. The molecule has 0 aromatic heterocycles. The van der Waals surface area contributed by atoms with E-state index in [1.165, 1.54) is 212 Å². The molecule has 0 aliphatic carbocycles. The number of rotatable bonds is 50. The number of ether oxygens (including phenoxy) is 2. The number of aliphatic hydroxyl groups excluding tert-OH is 4. The fourth-order valence-corrected chi connectivity index (χ4v) is 9.91. The maximum absolute atomic E-state index is 13.1. The van der Waals surface area contributed by atoms with Gasteiger partial charge >= 0.3 is 10.4 Å². The number of carbonyl (C=O) groups excluding carboxylic acids is 1. The lowest BCUT2D eigenvalue weighted by Crippen LogP contribution is -2.61. The molecule has 1 aliphatic rings. The van der Waals surface area contributed by atoms with Crippen LogP contribution in [0.25, 0.3) is 0 Å². The quantitative estimate of drug-likeness (QED) is 0.0193. The third kappa shape index (κ3) is 37.6. The van der Waals surface area contributed by atoms with Gasteiger partial charge < -0.3 is 35.2 Å². The Morgan fingerprint density at radius 3 is 1.28 bits per heavy atom. The Morgan fingerprint density at radius 1 is 0.574 bits per heavy atom. The molecule has 1 fully saturated rings. The van der Waals surface area contributed by atoms with E-state index < -0.39 is 59.9 Å². The lowest BCUT2D eigenvalue weighted by Gasteiger charge is -2.41. The minimum atomic E-state index is -5.09. The van der Waals surface area contributed by atoms with Gasteiger partial charge in [0.2, 0.25) is 5.91 Å². The van der Waals surface area contributed by atoms with Crippen LogP contribution < -0.4 is 5.32 Å². The van der Waals surface area contributed by atoms with E-state index in [4.69, 9.17) is 9.47 Å². The van der Waals surface area contributed by atoms with E-state index in [2.05, 4.69) is 23.3 Å². The third-order valence-corrected chi connectivity index (χ3v) is 14.3. The number of unbranched alkanes of at least 4 members (excludes halogenated alkanes) is 38. The Balaban J connectivity index is 2.37. The molecule has 0 saturated carbocycles. The van der Waals surface area contributed by atoms with Gasteiger partial charge in [0, 0.05) is 6.42 Å². The summed E-state index contributed by atoms with van der Waals surface area (Å²) in [6, 6.07) is -0.940. The van der Waals surface area contributed by atoms with Crippen LogP contribution in [0.4, 0.5) is 0 Å². The zero-order chi connectivity index (χ0) is 49.8. The molecule has 0 spiro atoms. The summed E-state index contributed by atoms with van der Waals surface area (Å²) in [4.78, 5) is 13.1. The van der Waals surface area contributed by atoms with Crippen LogP contribution in [0.15, 0.2) is 12.2 Å². The van der Waals surface area contributed by atoms with Crippen molar-refractivity contribution in [1.29, 1.82) is 0 Å². The summed E-state index contributed by atoms with van der Waals surface area (Å²) in [5.74, 6) is -0.257. The molecule has 0 aromatic rings. The summed E-state index contributed by atoms with van der Waals surface area (Å²) < 4.78 is 47.8. The average Bonchev–Trinajstić information content (AvgIpc) is 3.31. The molecule has 1 aliphatic heterocycles. The van der Waals surface area contributed by atoms with Crippen LogP contribution in [0.3, 0.4) is 0 Å². The molecule has 7 atom stereocenters. The van der Waals surface area contributed by atoms with Crippen LogP contribution in [-0.4, -0.2) is 95.4 Å². The molecule has 0 radical (unpaired) electrons. The van der Waals surface area contributed by atoms with Gasteiger partial charge in [0.1, 0.15) is 24.4 Å². The number of allylic oxidation sites excluding steroid dienone is 1. The predicted molar refractivity (Wildman–Crippen MR) is 278 cm³/mol. The summed E-state index contributed by atoms with van der Waals surface area (Å²) >= 11 is 0. The van der Waals surface area contributed by atoms with E-state index in [-0.39, 0.29) is 18.9 Å². The van der Waals surface area contributed by atoms with Gasteiger partial charge in [-0.1, -0.05) is 264 Å². The lowest BCUT2D eigenvalue weighted by molar-refractivity contribution is -0.298. The van der Waals surface area contributed by atoms with E-state index in [1.54, 1.807) is 6.08 Å². The zero-order valence-electron chi connectivity index (χ0n) is 43.7. The van der Waals surface area contributed by atoms with Crippen LogP contribution >= 0.6 is 0 Å². The molecule has 6 N–H and O–H groups in total. The molecule has 0 bridgehead atoms. The third-order valence-electron chi connectivity index (χ3n) is 13.8. The van der Waals surface area contributed by atoms with E-state index >= 15 is 0 Å². The van der Waals surface area contributed by atoms with Crippen molar-refractivity contribution >= 4 is 16.3 Å². The number of carbonyl (C=O) groups is 1. The van der Waals surface area contributed by atoms with Crippen molar-refractivity contribution in [2.45, 2.75) is 320 Å². The molecule has 1 rings (SSSR count). The van der Waals surface area contributed by atoms with Crippen molar-refractivity contribution in [2.24, 2.45) is 0 Å². The first-order valence-corrected chi connectivity index (χ1v) is 29.9. The molecule has 12 nitrogen and oxygen atoms in total. The smallest absolute Gasteiger partial charge is 0.394 e. The van der Waals surface area contributed by atoms with Crippen molar-refractivity contribution in [2.75, 3.05) is 13.2 Å². The Kier molecular flexibility index (Phi) is 43.6. The molecule has 1 heterocycles. The summed E-state index contributed by atoms with van der Waals surface area (Å²) in [6.07, 6.45) is 45.4. The second-order valence-corrected chi connectivity index (χ2v) is 21.3. The summed E-state index contributed by atoms with van der Waals surface area (Å²) in [6.45, 7) is 3.44. The number of hydrogen-bond acceptors (Lipinski definition) is 10. The van der Waals surface area contributed by atoms with Gasteiger partial charge in [-0.3, -0.25) is 9.35 Å². The summed E-state index contributed by atoms with van der Waals surface area (Å²) in [5, 5.41) is 44.9. The Bertz CT molecular complexity index is 1260. The molecule has 7 unspecified atom stereocenters. The minimum absolute atomic E-state index is 0.257. The molecule has 1 amide bonds. The molecule has 1 saturated heterocycles. The van der Waals surface area contributed by atoms with Crippen molar-refractivity contribution in [3.8, 4) is 0 Å². The highest BCUT2D eigenvalue weighted by molar-refractivity contribution is 7.80. The molecule has 13 heteroatoms.